The van der Waals surface area contributed by atoms with E-state index in [4.69, 9.17) is 4.74 Å². The first kappa shape index (κ1) is 20.9. The number of Topliss-reactive ketones (excluding diaryl/α,β-unsaturated/α-hetero) is 1. The molecule has 2 rings (SSSR count). The molecular weight excluding hydrogens is 362 g/mol. The van der Waals surface area contributed by atoms with E-state index in [2.05, 4.69) is 15.6 Å². The van der Waals surface area contributed by atoms with Gasteiger partial charge in [-0.2, -0.15) is 0 Å². The van der Waals surface area contributed by atoms with Crippen LogP contribution in [0, 0.1) is 13.8 Å². The van der Waals surface area contributed by atoms with Crippen LogP contribution in [0.4, 0.5) is 11.4 Å². The smallest absolute Gasteiger partial charge is 0.355 e. The van der Waals surface area contributed by atoms with Gasteiger partial charge in [-0.25, -0.2) is 4.79 Å². The second kappa shape index (κ2) is 8.51. The first-order valence-corrected chi connectivity index (χ1v) is 8.69. The summed E-state index contributed by atoms with van der Waals surface area (Å²) < 4.78 is 5.23. The second-order valence-electron chi connectivity index (χ2n) is 6.48. The van der Waals surface area contributed by atoms with E-state index in [0.717, 1.165) is 0 Å². The average molecular weight is 385 g/mol. The van der Waals surface area contributed by atoms with E-state index in [0.29, 0.717) is 28.2 Å². The first-order valence-electron chi connectivity index (χ1n) is 8.69. The third-order valence-corrected chi connectivity index (χ3v) is 4.12. The van der Waals surface area contributed by atoms with Gasteiger partial charge in [0.2, 0.25) is 5.91 Å². The maximum atomic E-state index is 12.4. The van der Waals surface area contributed by atoms with Crippen LogP contribution in [0.5, 0.6) is 0 Å². The summed E-state index contributed by atoms with van der Waals surface area (Å²) in [5.41, 5.74) is 2.77. The van der Waals surface area contributed by atoms with Crippen molar-refractivity contribution >= 4 is 34.9 Å². The molecule has 8 heteroatoms. The number of aromatic nitrogens is 1. The zero-order valence-corrected chi connectivity index (χ0v) is 16.4. The van der Waals surface area contributed by atoms with Gasteiger partial charge in [-0.05, 0) is 57.5 Å². The van der Waals surface area contributed by atoms with Crippen molar-refractivity contribution in [3.63, 3.8) is 0 Å². The van der Waals surface area contributed by atoms with E-state index in [1.54, 1.807) is 38.1 Å². The first-order chi connectivity index (χ1) is 13.1. The third-order valence-electron chi connectivity index (χ3n) is 4.12. The number of hydrogen-bond donors (Lipinski definition) is 3. The van der Waals surface area contributed by atoms with Gasteiger partial charge in [-0.1, -0.05) is 0 Å². The highest BCUT2D eigenvalue weighted by Gasteiger charge is 2.24. The van der Waals surface area contributed by atoms with Crippen molar-refractivity contribution in [2.24, 2.45) is 0 Å². The topological polar surface area (TPSA) is 117 Å². The number of H-pyrrole nitrogens is 1. The minimum absolute atomic E-state index is 0.154. The Morgan fingerprint density at radius 3 is 1.96 bits per heavy atom. The fourth-order valence-corrected chi connectivity index (χ4v) is 2.84. The molecule has 0 radical (unpaired) electrons. The lowest BCUT2D eigenvalue weighted by molar-refractivity contribution is -0.123. The van der Waals surface area contributed by atoms with Crippen molar-refractivity contribution in [3.8, 4) is 0 Å². The molecule has 0 unspecified atom stereocenters. The molecule has 0 aliphatic carbocycles. The molecule has 1 atom stereocenters. The van der Waals surface area contributed by atoms with Crippen LogP contribution in [0.15, 0.2) is 24.3 Å². The Kier molecular flexibility index (Phi) is 6.35. The quantitative estimate of drug-likeness (QED) is 0.522. The van der Waals surface area contributed by atoms with Crippen LogP contribution < -0.4 is 10.6 Å². The van der Waals surface area contributed by atoms with Crippen LogP contribution in [0.1, 0.15) is 52.9 Å². The molecule has 2 aromatic rings. The molecule has 1 aromatic carbocycles. The minimum atomic E-state index is -1.05. The van der Waals surface area contributed by atoms with Crippen LogP contribution in [-0.2, 0) is 14.3 Å². The number of nitrogens with one attached hydrogen (secondary N) is 3. The summed E-state index contributed by atoms with van der Waals surface area (Å²) in [6.07, 6.45) is -1.05. The highest BCUT2D eigenvalue weighted by molar-refractivity contribution is 6.02. The Labute approximate surface area is 162 Å². The standard InChI is InChI=1S/C20H23N3O5/c1-10-17(12(3)24)11(2)21-18(10)20(27)28-13(4)19(26)23-16-8-6-15(7-9-16)22-14(5)25/h6-9,13,21H,1-5H3,(H,22,25)(H,23,26)/t13-/m1/s1. The molecule has 8 nitrogen and oxygen atoms in total. The van der Waals surface area contributed by atoms with Crippen molar-refractivity contribution in [2.75, 3.05) is 10.6 Å². The Morgan fingerprint density at radius 2 is 1.50 bits per heavy atom. The molecule has 3 N–H and O–H groups in total. The molecule has 1 aromatic heterocycles. The van der Waals surface area contributed by atoms with Gasteiger partial charge in [0.05, 0.1) is 0 Å². The highest BCUT2D eigenvalue weighted by Crippen LogP contribution is 2.20. The lowest BCUT2D eigenvalue weighted by atomic mass is 10.1. The number of benzene rings is 1. The number of aryl methyl sites for hydroxylation is 1. The van der Waals surface area contributed by atoms with Gasteiger partial charge in [0.1, 0.15) is 5.69 Å². The highest BCUT2D eigenvalue weighted by atomic mass is 16.5. The van der Waals surface area contributed by atoms with Crippen molar-refractivity contribution in [1.82, 2.24) is 4.98 Å². The van der Waals surface area contributed by atoms with Crippen molar-refractivity contribution in [2.45, 2.75) is 40.7 Å². The maximum Gasteiger partial charge on any atom is 0.355 e. The average Bonchev–Trinajstić information content (AvgIpc) is 2.90. The summed E-state index contributed by atoms with van der Waals surface area (Å²) in [6.45, 7) is 7.62. The van der Waals surface area contributed by atoms with Gasteiger partial charge >= 0.3 is 5.97 Å². The SMILES string of the molecule is CC(=O)Nc1ccc(NC(=O)[C@@H](C)OC(=O)c2[nH]c(C)c(C(C)=O)c2C)cc1. The summed E-state index contributed by atoms with van der Waals surface area (Å²) in [5.74, 6) is -1.57. The van der Waals surface area contributed by atoms with Gasteiger partial charge in [0, 0.05) is 29.6 Å². The Bertz CT molecular complexity index is 928. The lowest BCUT2D eigenvalue weighted by Crippen LogP contribution is -2.30. The summed E-state index contributed by atoms with van der Waals surface area (Å²) in [4.78, 5) is 50.2. The molecule has 0 spiro atoms. The van der Waals surface area contributed by atoms with Crippen LogP contribution in [0.25, 0.3) is 0 Å². The van der Waals surface area contributed by atoms with Crippen LogP contribution in [-0.4, -0.2) is 34.7 Å². The molecule has 0 bridgehead atoms. The predicted octanol–water partition coefficient (Wildman–Crippen LogP) is 2.98. The molecule has 0 aliphatic rings. The number of amides is 2. The van der Waals surface area contributed by atoms with E-state index < -0.39 is 18.0 Å². The number of ether oxygens (including phenoxy) is 1. The molecule has 28 heavy (non-hydrogen) atoms. The zero-order chi connectivity index (χ0) is 21.0. The third kappa shape index (κ3) is 4.85. The second-order valence-corrected chi connectivity index (χ2v) is 6.48. The summed E-state index contributed by atoms with van der Waals surface area (Å²) in [6, 6.07) is 6.52. The van der Waals surface area contributed by atoms with Crippen molar-refractivity contribution in [3.05, 3.63) is 46.8 Å². The minimum Gasteiger partial charge on any atom is -0.448 e. The van der Waals surface area contributed by atoms with E-state index in [-0.39, 0.29) is 17.4 Å². The number of hydrogen-bond acceptors (Lipinski definition) is 5. The Morgan fingerprint density at radius 1 is 0.964 bits per heavy atom. The Hall–Kier alpha value is -3.42. The molecule has 0 aliphatic heterocycles. The molecule has 148 valence electrons. The number of carbonyl (C=O) groups is 4. The van der Waals surface area contributed by atoms with Crippen LogP contribution >= 0.6 is 0 Å². The number of rotatable bonds is 6. The van der Waals surface area contributed by atoms with E-state index >= 15 is 0 Å². The van der Waals surface area contributed by atoms with Gasteiger partial charge in [0.25, 0.3) is 5.91 Å². The van der Waals surface area contributed by atoms with Gasteiger partial charge < -0.3 is 20.4 Å². The van der Waals surface area contributed by atoms with Gasteiger partial charge in [-0.15, -0.1) is 0 Å². The Balaban J connectivity index is 2.02. The van der Waals surface area contributed by atoms with Gasteiger partial charge in [-0.3, -0.25) is 14.4 Å². The van der Waals surface area contributed by atoms with Crippen LogP contribution in [0.3, 0.4) is 0 Å². The summed E-state index contributed by atoms with van der Waals surface area (Å²) >= 11 is 0. The molecule has 2 amide bonds. The van der Waals surface area contributed by atoms with Crippen LogP contribution in [0.2, 0.25) is 0 Å². The van der Waals surface area contributed by atoms with Gasteiger partial charge in [0.15, 0.2) is 11.9 Å². The molecule has 1 heterocycles. The normalized spacial score (nSPS) is 11.5. The molecule has 0 fully saturated rings. The number of ketones is 1. The molecule has 0 saturated carbocycles. The molecular formula is C20H23N3O5. The lowest BCUT2D eigenvalue weighted by Gasteiger charge is -2.14. The predicted molar refractivity (Wildman–Crippen MR) is 105 cm³/mol. The fourth-order valence-electron chi connectivity index (χ4n) is 2.84. The number of anilines is 2. The molecule has 0 saturated heterocycles. The maximum absolute atomic E-state index is 12.4. The number of aromatic amines is 1. The number of carbonyl (C=O) groups excluding carboxylic acids is 4. The van der Waals surface area contributed by atoms with E-state index in [1.165, 1.54) is 20.8 Å². The monoisotopic (exact) mass is 385 g/mol. The van der Waals surface area contributed by atoms with E-state index in [9.17, 15) is 19.2 Å². The van der Waals surface area contributed by atoms with Crippen molar-refractivity contribution in [1.29, 1.82) is 0 Å². The van der Waals surface area contributed by atoms with E-state index in [1.807, 2.05) is 0 Å². The zero-order valence-electron chi connectivity index (χ0n) is 16.4. The number of esters is 1. The summed E-state index contributed by atoms with van der Waals surface area (Å²) in [7, 11) is 0. The largest absolute Gasteiger partial charge is 0.448 e. The fraction of sp³-hybridized carbons (Fsp3) is 0.300. The van der Waals surface area contributed by atoms with Crippen molar-refractivity contribution < 1.29 is 23.9 Å². The summed E-state index contributed by atoms with van der Waals surface area (Å²) in [5, 5.41) is 5.26.